The zero-order chi connectivity index (χ0) is 58.1. The van der Waals surface area contributed by atoms with Crippen molar-refractivity contribution >= 4 is 61.6 Å². The molecule has 0 saturated carbocycles. The SMILES string of the molecule is [2H]c1c(-c2c([2H])c([2H])c([2H])c([2H])c2-n2c3c([2H])c([2H])c([2H])c([2H])c3c3c([2H])c([2H])c([2H])c([2H])c32)cc2c(c1[2H])B1Oc3c([2H])c([2H])c([2H])c([2H])c3-c3c([2H])c(-c4c([2H])c([2H])c5c(oc6c([2H])c([2H])c([2H])c([2H])c65)c4[2H])c([2H])c(c31)O2. The van der Waals surface area contributed by atoms with E-state index in [4.69, 9.17) is 38.5 Å². The smallest absolute Gasteiger partial charge is 0.434 e. The zero-order valence-corrected chi connectivity index (χ0v) is 26.3. The van der Waals surface area contributed by atoms with Crippen LogP contribution in [0.2, 0.25) is 0 Å². The second-order valence-corrected chi connectivity index (χ2v) is 11.9. The summed E-state index contributed by atoms with van der Waals surface area (Å²) in [5.41, 5.74) is -7.06. The van der Waals surface area contributed by atoms with E-state index in [0.29, 0.717) is 0 Å². The molecule has 4 nitrogen and oxygen atoms in total. The summed E-state index contributed by atoms with van der Waals surface area (Å²) in [7, 11) is 0. The molecule has 246 valence electrons. The Kier molecular flexibility index (Phi) is 2.68. The minimum absolute atomic E-state index is 0.317. The second-order valence-electron chi connectivity index (χ2n) is 11.9. The Labute approximate surface area is 343 Å². The van der Waals surface area contributed by atoms with Crippen LogP contribution < -0.4 is 20.3 Å². The summed E-state index contributed by atoms with van der Waals surface area (Å²) in [6.07, 6.45) is 0. The van der Waals surface area contributed by atoms with Gasteiger partial charge in [0.1, 0.15) is 28.4 Å². The van der Waals surface area contributed by atoms with Gasteiger partial charge in [0.15, 0.2) is 0 Å². The van der Waals surface area contributed by atoms with Crippen molar-refractivity contribution in [2.45, 2.75) is 0 Å². The van der Waals surface area contributed by atoms with Crippen molar-refractivity contribution < 1.29 is 50.8 Å². The number of hydrogen-bond donors (Lipinski definition) is 0. The summed E-state index contributed by atoms with van der Waals surface area (Å²) in [5.74, 6) is -1.73. The van der Waals surface area contributed by atoms with Crippen LogP contribution in [0.15, 0.2) is 174 Å². The molecule has 0 aliphatic carbocycles. The van der Waals surface area contributed by atoms with Gasteiger partial charge in [-0.05, 0) is 82.7 Å². The number of para-hydroxylation sites is 5. The Morgan fingerprint density at radius 1 is 0.472 bits per heavy atom. The highest BCUT2D eigenvalue weighted by Gasteiger charge is 2.41. The summed E-state index contributed by atoms with van der Waals surface area (Å²) in [6.45, 7) is -1.81. The summed E-state index contributed by atoms with van der Waals surface area (Å²) < 4.78 is 262. The molecule has 2 aliphatic heterocycles. The third kappa shape index (κ3) is 4.13. The molecule has 10 aromatic rings. The number of rotatable bonds is 3. The monoisotopic (exact) mass is 704 g/mol. The molecule has 2 aliphatic rings. The quantitative estimate of drug-likeness (QED) is 0.172. The Morgan fingerprint density at radius 2 is 1.15 bits per heavy atom. The predicted octanol–water partition coefficient (Wildman–Crippen LogP) is 11.3. The number of benzene rings is 8. The maximum atomic E-state index is 9.83. The third-order valence-corrected chi connectivity index (χ3v) is 9.08. The van der Waals surface area contributed by atoms with Gasteiger partial charge in [-0.15, -0.1) is 0 Å². The predicted molar refractivity (Wildman–Crippen MR) is 217 cm³/mol. The first-order valence-electron chi connectivity index (χ1n) is 29.3. The van der Waals surface area contributed by atoms with E-state index in [9.17, 15) is 12.3 Å². The number of fused-ring (bicyclic) bond motifs is 10. The average Bonchev–Trinajstić information content (AvgIpc) is 4.20. The lowest BCUT2D eigenvalue weighted by Gasteiger charge is -2.33. The van der Waals surface area contributed by atoms with Gasteiger partial charge in [-0.25, -0.2) is 0 Å². The Bertz CT molecular complexity index is 4630. The number of hydrogen-bond acceptors (Lipinski definition) is 3. The topological polar surface area (TPSA) is 36.5 Å². The lowest BCUT2D eigenvalue weighted by Crippen LogP contribution is -2.53. The number of furan rings is 1. The molecule has 0 spiro atoms. The summed E-state index contributed by atoms with van der Waals surface area (Å²) >= 11 is 0. The van der Waals surface area contributed by atoms with Crippen molar-refractivity contribution in [1.82, 2.24) is 4.57 Å². The molecular weight excluding hydrogens is 649 g/mol. The number of nitrogens with zero attached hydrogens (tertiary/aromatic N) is 1. The third-order valence-electron chi connectivity index (χ3n) is 9.08. The first-order chi connectivity index (χ1) is 37.5. The fourth-order valence-electron chi connectivity index (χ4n) is 6.82. The maximum Gasteiger partial charge on any atom is 0.434 e. The van der Waals surface area contributed by atoms with Crippen molar-refractivity contribution in [3.63, 3.8) is 0 Å². The highest BCUT2D eigenvalue weighted by atomic mass is 16.5. The summed E-state index contributed by atoms with van der Waals surface area (Å²) in [5, 5.41) is -1.62. The van der Waals surface area contributed by atoms with Crippen LogP contribution in [0.25, 0.3) is 82.8 Å². The molecule has 0 unspecified atom stereocenters. The Hall–Kier alpha value is -6.98. The van der Waals surface area contributed by atoms with Crippen LogP contribution >= 0.6 is 0 Å². The van der Waals surface area contributed by atoms with Crippen LogP contribution in [0.4, 0.5) is 0 Å². The molecule has 0 bridgehead atoms. The van der Waals surface area contributed by atoms with Gasteiger partial charge in [-0.3, -0.25) is 0 Å². The molecule has 0 N–H and O–H groups in total. The Balaban J connectivity index is 1.20. The van der Waals surface area contributed by atoms with Gasteiger partial charge in [0.25, 0.3) is 0 Å². The van der Waals surface area contributed by atoms with Crippen LogP contribution in [-0.2, 0) is 0 Å². The highest BCUT2D eigenvalue weighted by Crippen LogP contribution is 2.43. The fraction of sp³-hybridized carbons (Fsp3) is 0. The standard InChI is InChI=1S/C48H28BNO3/c1-6-16-40(50-41-17-7-2-12-33(41)34-13-3-8-18-42(34)50)32(11-1)30-22-24-39-46(27-30)52-47-28-31(25-38-36-15-5-10-20-44(36)53-49(39)48(38)47)29-21-23-37-35-14-4-9-19-43(35)51-45(37)26-29/h1-28H/i1D,2D,3D,4D,5D,6D,7D,8D,9D,10D,11D,12D,13D,14D,15D,16D,17D,18D,19D,20D,21D,22D,23D,24D,25D,26D,28D. The first-order valence-corrected chi connectivity index (χ1v) is 15.8. The van der Waals surface area contributed by atoms with Gasteiger partial charge in [-0.2, -0.15) is 0 Å². The molecule has 4 heterocycles. The van der Waals surface area contributed by atoms with E-state index in [-0.39, 0.29) is 21.7 Å². The normalized spacial score (nSPS) is 19.9. The van der Waals surface area contributed by atoms with Gasteiger partial charge >= 0.3 is 6.92 Å². The molecule has 0 radical (unpaired) electrons. The van der Waals surface area contributed by atoms with E-state index in [1.165, 1.54) is 0 Å². The van der Waals surface area contributed by atoms with Crippen molar-refractivity contribution in [3.05, 3.63) is 169 Å². The van der Waals surface area contributed by atoms with Crippen LogP contribution in [0.1, 0.15) is 37.0 Å². The zero-order valence-electron chi connectivity index (χ0n) is 53.3. The average molecular weight is 705 g/mol. The van der Waals surface area contributed by atoms with Gasteiger partial charge in [0.2, 0.25) is 0 Å². The number of ether oxygens (including phenoxy) is 1. The van der Waals surface area contributed by atoms with Crippen LogP contribution in [0.5, 0.6) is 17.2 Å². The number of aromatic nitrogens is 1. The van der Waals surface area contributed by atoms with E-state index in [2.05, 4.69) is 0 Å². The van der Waals surface area contributed by atoms with Crippen molar-refractivity contribution in [2.24, 2.45) is 0 Å². The van der Waals surface area contributed by atoms with E-state index in [1.807, 2.05) is 0 Å². The molecule has 8 aromatic carbocycles. The minimum Gasteiger partial charge on any atom is -0.551 e. The fourth-order valence-corrected chi connectivity index (χ4v) is 6.82. The second kappa shape index (κ2) is 10.8. The first kappa shape index (κ1) is 13.2. The van der Waals surface area contributed by atoms with Crippen molar-refractivity contribution in [3.8, 4) is 56.3 Å². The lowest BCUT2D eigenvalue weighted by atomic mass is 9.50. The van der Waals surface area contributed by atoms with Crippen molar-refractivity contribution in [1.29, 1.82) is 0 Å². The molecule has 0 saturated heterocycles. The van der Waals surface area contributed by atoms with E-state index in [0.717, 1.165) is 10.6 Å². The summed E-state index contributed by atoms with van der Waals surface area (Å²) in [4.78, 5) is 0. The van der Waals surface area contributed by atoms with E-state index in [1.54, 1.807) is 0 Å². The minimum atomic E-state index is -1.81. The molecule has 2 aromatic heterocycles. The molecule has 53 heavy (non-hydrogen) atoms. The van der Waals surface area contributed by atoms with E-state index < -0.39 is 259 Å². The highest BCUT2D eigenvalue weighted by molar-refractivity contribution is 6.84. The molecule has 0 amide bonds. The molecule has 0 atom stereocenters. The van der Waals surface area contributed by atoms with Crippen LogP contribution in [0.3, 0.4) is 0 Å². The maximum absolute atomic E-state index is 9.83. The van der Waals surface area contributed by atoms with Crippen molar-refractivity contribution in [2.75, 3.05) is 0 Å². The van der Waals surface area contributed by atoms with Gasteiger partial charge in [0.05, 0.1) is 53.7 Å². The largest absolute Gasteiger partial charge is 0.551 e. The van der Waals surface area contributed by atoms with Gasteiger partial charge in [0, 0.05) is 43.6 Å². The summed E-state index contributed by atoms with van der Waals surface area (Å²) in [6, 6.07) is -21.0. The van der Waals surface area contributed by atoms with Crippen LogP contribution in [0, 0.1) is 0 Å². The molecule has 12 rings (SSSR count). The molecule has 5 heteroatoms. The molecular formula is C48H28BNO3. The van der Waals surface area contributed by atoms with Gasteiger partial charge < -0.3 is 18.4 Å². The van der Waals surface area contributed by atoms with Gasteiger partial charge in [-0.1, -0.05) is 109 Å². The van der Waals surface area contributed by atoms with Crippen LogP contribution in [-0.4, -0.2) is 11.5 Å². The Morgan fingerprint density at radius 3 is 2.00 bits per heavy atom. The van der Waals surface area contributed by atoms with E-state index >= 15 is 0 Å². The molecule has 0 fully saturated rings. The lowest BCUT2D eigenvalue weighted by molar-refractivity contribution is 0.480.